The number of morpholine rings is 1. The molecule has 2 N–H and O–H groups in total. The van der Waals surface area contributed by atoms with Crippen LogP contribution in [-0.2, 0) is 9.53 Å². The Bertz CT molecular complexity index is 357. The predicted molar refractivity (Wildman–Crippen MR) is 86.9 cm³/mol. The van der Waals surface area contributed by atoms with Crippen LogP contribution in [0.5, 0.6) is 0 Å². The number of carbonyl (C=O) groups excluding carboxylic acids is 1. The first-order valence-corrected chi connectivity index (χ1v) is 9.11. The second-order valence-electron chi connectivity index (χ2n) is 7.16. The van der Waals surface area contributed by atoms with Crippen LogP contribution in [0.2, 0.25) is 0 Å². The van der Waals surface area contributed by atoms with Crippen LogP contribution in [-0.4, -0.2) is 61.8 Å². The summed E-state index contributed by atoms with van der Waals surface area (Å²) in [6, 6.07) is 0.394. The van der Waals surface area contributed by atoms with Crippen molar-refractivity contribution in [2.75, 3.05) is 39.4 Å². The van der Waals surface area contributed by atoms with Crippen LogP contribution in [0.1, 0.15) is 51.4 Å². The van der Waals surface area contributed by atoms with Gasteiger partial charge in [-0.15, -0.1) is 0 Å². The minimum absolute atomic E-state index is 0.181. The Balaban J connectivity index is 1.53. The van der Waals surface area contributed by atoms with Crippen molar-refractivity contribution in [3.63, 3.8) is 0 Å². The van der Waals surface area contributed by atoms with E-state index in [1.54, 1.807) is 0 Å². The number of nitrogens with one attached hydrogen (secondary N) is 2. The molecule has 2 aliphatic heterocycles. The van der Waals surface area contributed by atoms with Crippen LogP contribution in [0, 0.1) is 0 Å². The molecule has 0 spiro atoms. The molecule has 126 valence electrons. The van der Waals surface area contributed by atoms with Crippen LogP contribution >= 0.6 is 0 Å². The first-order valence-electron chi connectivity index (χ1n) is 9.11. The van der Waals surface area contributed by atoms with Gasteiger partial charge in [0, 0.05) is 37.6 Å². The molecule has 3 aliphatic rings. The minimum Gasteiger partial charge on any atom is -0.379 e. The highest BCUT2D eigenvalue weighted by Gasteiger charge is 2.38. The van der Waals surface area contributed by atoms with E-state index in [1.165, 1.54) is 38.5 Å². The van der Waals surface area contributed by atoms with Gasteiger partial charge in [-0.3, -0.25) is 9.69 Å². The summed E-state index contributed by atoms with van der Waals surface area (Å²) in [5.41, 5.74) is 0.181. The van der Waals surface area contributed by atoms with Gasteiger partial charge in [-0.25, -0.2) is 0 Å². The van der Waals surface area contributed by atoms with E-state index in [2.05, 4.69) is 15.5 Å². The lowest BCUT2D eigenvalue weighted by molar-refractivity contribution is -0.122. The van der Waals surface area contributed by atoms with Crippen molar-refractivity contribution < 1.29 is 9.53 Å². The summed E-state index contributed by atoms with van der Waals surface area (Å²) in [6.45, 7) is 5.58. The molecule has 2 saturated heterocycles. The van der Waals surface area contributed by atoms with E-state index >= 15 is 0 Å². The molecule has 1 aliphatic carbocycles. The van der Waals surface area contributed by atoms with E-state index in [9.17, 15) is 4.79 Å². The number of hydrogen-bond donors (Lipinski definition) is 2. The highest BCUT2D eigenvalue weighted by Crippen LogP contribution is 2.33. The van der Waals surface area contributed by atoms with E-state index in [0.717, 1.165) is 45.8 Å². The highest BCUT2D eigenvalue weighted by molar-refractivity contribution is 5.76. The smallest absolute Gasteiger partial charge is 0.221 e. The summed E-state index contributed by atoms with van der Waals surface area (Å²) < 4.78 is 5.51. The number of carbonyl (C=O) groups is 1. The Morgan fingerprint density at radius 2 is 1.95 bits per heavy atom. The van der Waals surface area contributed by atoms with E-state index < -0.39 is 0 Å². The quantitative estimate of drug-likeness (QED) is 0.803. The molecule has 0 aromatic rings. The molecular formula is C17H31N3O2. The fourth-order valence-corrected chi connectivity index (χ4v) is 4.34. The maximum absolute atomic E-state index is 12.3. The largest absolute Gasteiger partial charge is 0.379 e. The van der Waals surface area contributed by atoms with Crippen molar-refractivity contribution in [2.45, 2.75) is 62.9 Å². The normalized spacial score (nSPS) is 29.4. The zero-order valence-corrected chi connectivity index (χ0v) is 13.7. The van der Waals surface area contributed by atoms with E-state index in [1.807, 2.05) is 0 Å². The molecule has 1 atom stereocenters. The molecule has 0 bridgehead atoms. The van der Waals surface area contributed by atoms with Crippen molar-refractivity contribution in [1.82, 2.24) is 15.5 Å². The fourth-order valence-electron chi connectivity index (χ4n) is 4.34. The zero-order valence-electron chi connectivity index (χ0n) is 13.7. The van der Waals surface area contributed by atoms with Crippen LogP contribution in [0.15, 0.2) is 0 Å². The number of rotatable bonds is 5. The van der Waals surface area contributed by atoms with Crippen molar-refractivity contribution >= 4 is 5.91 Å². The first kappa shape index (κ1) is 16.2. The molecule has 0 radical (unpaired) electrons. The van der Waals surface area contributed by atoms with Gasteiger partial charge in [0.15, 0.2) is 0 Å². The second kappa shape index (κ2) is 7.75. The molecule has 0 aromatic heterocycles. The predicted octanol–water partition coefficient (Wildman–Crippen LogP) is 1.28. The maximum Gasteiger partial charge on any atom is 0.221 e. The maximum atomic E-state index is 12.3. The monoisotopic (exact) mass is 309 g/mol. The van der Waals surface area contributed by atoms with Crippen molar-refractivity contribution in [2.24, 2.45) is 0 Å². The molecule has 22 heavy (non-hydrogen) atoms. The molecule has 1 amide bonds. The Morgan fingerprint density at radius 1 is 1.18 bits per heavy atom. The van der Waals surface area contributed by atoms with Gasteiger partial charge >= 0.3 is 0 Å². The van der Waals surface area contributed by atoms with E-state index in [0.29, 0.717) is 12.5 Å². The van der Waals surface area contributed by atoms with Gasteiger partial charge in [-0.05, 0) is 32.2 Å². The first-order chi connectivity index (χ1) is 10.8. The third-order valence-corrected chi connectivity index (χ3v) is 5.67. The molecule has 2 heterocycles. The summed E-state index contributed by atoms with van der Waals surface area (Å²) in [7, 11) is 0. The number of hydrogen-bond acceptors (Lipinski definition) is 4. The van der Waals surface area contributed by atoms with Crippen molar-refractivity contribution in [3.8, 4) is 0 Å². The average molecular weight is 309 g/mol. The van der Waals surface area contributed by atoms with Crippen LogP contribution in [0.4, 0.5) is 0 Å². The third kappa shape index (κ3) is 4.00. The van der Waals surface area contributed by atoms with Crippen molar-refractivity contribution in [1.29, 1.82) is 0 Å². The number of nitrogens with zero attached hydrogens (tertiary/aromatic N) is 1. The van der Waals surface area contributed by atoms with Gasteiger partial charge in [0.1, 0.15) is 0 Å². The Hall–Kier alpha value is -0.650. The van der Waals surface area contributed by atoms with E-state index in [-0.39, 0.29) is 11.4 Å². The zero-order chi connectivity index (χ0) is 15.3. The van der Waals surface area contributed by atoms with E-state index in [4.69, 9.17) is 4.74 Å². The lowest BCUT2D eigenvalue weighted by Crippen LogP contribution is -2.59. The van der Waals surface area contributed by atoms with Gasteiger partial charge < -0.3 is 15.4 Å². The SMILES string of the molecule is O=C(CC1CCCN1)NCC1(N2CCOCC2)CCCCC1. The van der Waals surface area contributed by atoms with Gasteiger partial charge in [0.05, 0.1) is 13.2 Å². The molecule has 1 saturated carbocycles. The van der Waals surface area contributed by atoms with Crippen molar-refractivity contribution in [3.05, 3.63) is 0 Å². The standard InChI is InChI=1S/C17H31N3O2/c21-16(13-15-5-4-8-18-15)19-14-17(6-2-1-3-7-17)20-9-11-22-12-10-20/h15,18H,1-14H2,(H,19,21). The lowest BCUT2D eigenvalue weighted by atomic mass is 9.79. The van der Waals surface area contributed by atoms with Gasteiger partial charge in [0.25, 0.3) is 0 Å². The lowest BCUT2D eigenvalue weighted by Gasteiger charge is -2.48. The van der Waals surface area contributed by atoms with Gasteiger partial charge in [-0.2, -0.15) is 0 Å². The Morgan fingerprint density at radius 3 is 2.64 bits per heavy atom. The topological polar surface area (TPSA) is 53.6 Å². The van der Waals surface area contributed by atoms with Crippen LogP contribution in [0.25, 0.3) is 0 Å². The van der Waals surface area contributed by atoms with Crippen LogP contribution in [0.3, 0.4) is 0 Å². The average Bonchev–Trinajstić information content (AvgIpc) is 3.08. The summed E-state index contributed by atoms with van der Waals surface area (Å²) in [5.74, 6) is 0.220. The fraction of sp³-hybridized carbons (Fsp3) is 0.941. The highest BCUT2D eigenvalue weighted by atomic mass is 16.5. The van der Waals surface area contributed by atoms with Gasteiger partial charge in [0.2, 0.25) is 5.91 Å². The number of amides is 1. The molecule has 5 heteroatoms. The minimum atomic E-state index is 0.181. The second-order valence-corrected chi connectivity index (χ2v) is 7.16. The summed E-state index contributed by atoms with van der Waals surface area (Å²) in [6.07, 6.45) is 9.33. The summed E-state index contributed by atoms with van der Waals surface area (Å²) >= 11 is 0. The molecule has 1 unspecified atom stereocenters. The molecular weight excluding hydrogens is 278 g/mol. The number of ether oxygens (including phenoxy) is 1. The van der Waals surface area contributed by atoms with Gasteiger partial charge in [-0.1, -0.05) is 19.3 Å². The molecule has 5 nitrogen and oxygen atoms in total. The molecule has 0 aromatic carbocycles. The molecule has 3 fully saturated rings. The summed E-state index contributed by atoms with van der Waals surface area (Å²) in [5, 5.41) is 6.67. The third-order valence-electron chi connectivity index (χ3n) is 5.67. The molecule has 3 rings (SSSR count). The Labute approximate surface area is 134 Å². The Kier molecular flexibility index (Phi) is 5.71. The summed E-state index contributed by atoms with van der Waals surface area (Å²) in [4.78, 5) is 14.9. The van der Waals surface area contributed by atoms with Crippen LogP contribution < -0.4 is 10.6 Å².